The van der Waals surface area contributed by atoms with E-state index in [1.54, 1.807) is 19.2 Å². The van der Waals surface area contributed by atoms with Crippen LogP contribution in [-0.2, 0) is 6.54 Å². The molecule has 1 aromatic heterocycles. The average Bonchev–Trinajstić information content (AvgIpc) is 3.10. The van der Waals surface area contributed by atoms with Gasteiger partial charge in [-0.15, -0.1) is 0 Å². The summed E-state index contributed by atoms with van der Waals surface area (Å²) in [5, 5.41) is 6.55. The first-order valence-electron chi connectivity index (χ1n) is 7.29. The van der Waals surface area contributed by atoms with E-state index in [4.69, 9.17) is 9.26 Å². The molecule has 122 valence electrons. The number of methoxy groups -OCH3 is 1. The zero-order valence-corrected chi connectivity index (χ0v) is 13.0. The second kappa shape index (κ2) is 6.95. The van der Waals surface area contributed by atoms with Gasteiger partial charge in [0.1, 0.15) is 17.3 Å². The van der Waals surface area contributed by atoms with Crippen molar-refractivity contribution in [1.29, 1.82) is 0 Å². The molecule has 0 saturated carbocycles. The molecule has 3 rings (SSSR count). The molecule has 0 spiro atoms. The Morgan fingerprint density at radius 2 is 2.04 bits per heavy atom. The molecule has 5 nitrogen and oxygen atoms in total. The van der Waals surface area contributed by atoms with Crippen molar-refractivity contribution in [2.24, 2.45) is 0 Å². The molecule has 2 aromatic carbocycles. The highest BCUT2D eigenvalue weighted by Gasteiger charge is 2.14. The van der Waals surface area contributed by atoms with E-state index < -0.39 is 5.91 Å². The highest BCUT2D eigenvalue weighted by Crippen LogP contribution is 2.20. The Morgan fingerprint density at radius 1 is 1.21 bits per heavy atom. The van der Waals surface area contributed by atoms with E-state index >= 15 is 0 Å². The lowest BCUT2D eigenvalue weighted by atomic mass is 10.1. The highest BCUT2D eigenvalue weighted by atomic mass is 19.1. The van der Waals surface area contributed by atoms with Gasteiger partial charge in [-0.1, -0.05) is 29.4 Å². The van der Waals surface area contributed by atoms with Crippen LogP contribution in [0.4, 0.5) is 4.39 Å². The maximum absolute atomic E-state index is 13.2. The van der Waals surface area contributed by atoms with E-state index in [1.807, 2.05) is 24.3 Å². The maximum Gasteiger partial charge on any atom is 0.290 e. The number of rotatable bonds is 5. The minimum Gasteiger partial charge on any atom is -0.497 e. The van der Waals surface area contributed by atoms with Crippen LogP contribution in [-0.4, -0.2) is 18.2 Å². The quantitative estimate of drug-likeness (QED) is 0.780. The largest absolute Gasteiger partial charge is 0.497 e. The summed E-state index contributed by atoms with van der Waals surface area (Å²) >= 11 is 0. The van der Waals surface area contributed by atoms with Crippen LogP contribution in [0.3, 0.4) is 0 Å². The number of hydrogen-bond donors (Lipinski definition) is 1. The van der Waals surface area contributed by atoms with E-state index in [2.05, 4.69) is 10.5 Å². The predicted molar refractivity (Wildman–Crippen MR) is 86.1 cm³/mol. The fraction of sp³-hybridized carbons (Fsp3) is 0.111. The minimum absolute atomic E-state index is 0.0668. The van der Waals surface area contributed by atoms with E-state index in [1.165, 1.54) is 18.2 Å². The zero-order chi connectivity index (χ0) is 16.9. The van der Waals surface area contributed by atoms with Crippen LogP contribution in [0.2, 0.25) is 0 Å². The topological polar surface area (TPSA) is 64.4 Å². The Morgan fingerprint density at radius 3 is 2.83 bits per heavy atom. The zero-order valence-electron chi connectivity index (χ0n) is 13.0. The molecule has 0 unspecified atom stereocenters. The van der Waals surface area contributed by atoms with Crippen molar-refractivity contribution in [3.05, 3.63) is 71.7 Å². The molecule has 3 aromatic rings. The van der Waals surface area contributed by atoms with Crippen LogP contribution >= 0.6 is 0 Å². The summed E-state index contributed by atoms with van der Waals surface area (Å²) in [6, 6.07) is 14.8. The molecule has 0 aliphatic heterocycles. The van der Waals surface area contributed by atoms with Crippen molar-refractivity contribution in [3.63, 3.8) is 0 Å². The van der Waals surface area contributed by atoms with E-state index in [-0.39, 0.29) is 11.6 Å². The molecule has 1 amide bonds. The third-order valence-corrected chi connectivity index (χ3v) is 3.44. The number of amides is 1. The molecule has 0 saturated heterocycles. The molecule has 0 bridgehead atoms. The molecule has 0 atom stereocenters. The van der Waals surface area contributed by atoms with Gasteiger partial charge in [-0.05, 0) is 29.8 Å². The average molecular weight is 326 g/mol. The van der Waals surface area contributed by atoms with Gasteiger partial charge in [0, 0.05) is 18.2 Å². The van der Waals surface area contributed by atoms with Crippen molar-refractivity contribution in [2.45, 2.75) is 6.54 Å². The smallest absolute Gasteiger partial charge is 0.290 e. The second-order valence-corrected chi connectivity index (χ2v) is 5.12. The first kappa shape index (κ1) is 15.7. The minimum atomic E-state index is -0.395. The Labute approximate surface area is 138 Å². The van der Waals surface area contributed by atoms with Gasteiger partial charge >= 0.3 is 0 Å². The summed E-state index contributed by atoms with van der Waals surface area (Å²) in [5.41, 5.74) is 1.85. The third kappa shape index (κ3) is 3.60. The molecular formula is C18H15FN2O3. The number of halogens is 1. The number of ether oxygens (including phenoxy) is 1. The Hall–Kier alpha value is -3.15. The van der Waals surface area contributed by atoms with Gasteiger partial charge in [0.2, 0.25) is 5.76 Å². The fourth-order valence-electron chi connectivity index (χ4n) is 2.22. The molecule has 0 fully saturated rings. The monoisotopic (exact) mass is 326 g/mol. The molecule has 1 N–H and O–H groups in total. The van der Waals surface area contributed by atoms with Crippen LogP contribution in [0.15, 0.2) is 59.1 Å². The standard InChI is InChI=1S/C18H15FN2O3/c1-23-15-7-2-4-12(8-15)11-20-18(22)17-10-16(21-24-17)13-5-3-6-14(19)9-13/h2-10H,11H2,1H3,(H,20,22). The number of benzene rings is 2. The van der Waals surface area contributed by atoms with Crippen molar-refractivity contribution >= 4 is 5.91 Å². The van der Waals surface area contributed by atoms with Gasteiger partial charge in [0.05, 0.1) is 7.11 Å². The third-order valence-electron chi connectivity index (χ3n) is 3.44. The molecule has 6 heteroatoms. The lowest BCUT2D eigenvalue weighted by molar-refractivity contribution is 0.0914. The van der Waals surface area contributed by atoms with Gasteiger partial charge < -0.3 is 14.6 Å². The van der Waals surface area contributed by atoms with Crippen LogP contribution in [0, 0.1) is 5.82 Å². The number of nitrogens with zero attached hydrogens (tertiary/aromatic N) is 1. The van der Waals surface area contributed by atoms with Crippen molar-refractivity contribution in [1.82, 2.24) is 10.5 Å². The maximum atomic E-state index is 13.2. The fourth-order valence-corrected chi connectivity index (χ4v) is 2.22. The first-order chi connectivity index (χ1) is 11.7. The number of carbonyl (C=O) groups is 1. The Bertz CT molecular complexity index is 861. The SMILES string of the molecule is COc1cccc(CNC(=O)c2cc(-c3cccc(F)c3)no2)c1. The summed E-state index contributed by atoms with van der Waals surface area (Å²) in [6.45, 7) is 0.325. The van der Waals surface area contributed by atoms with E-state index in [0.29, 0.717) is 17.8 Å². The molecule has 0 radical (unpaired) electrons. The predicted octanol–water partition coefficient (Wildman–Crippen LogP) is 3.42. The number of hydrogen-bond acceptors (Lipinski definition) is 4. The van der Waals surface area contributed by atoms with Crippen molar-refractivity contribution in [3.8, 4) is 17.0 Å². The summed E-state index contributed by atoms with van der Waals surface area (Å²) in [7, 11) is 1.58. The molecule has 0 aliphatic carbocycles. The second-order valence-electron chi connectivity index (χ2n) is 5.12. The number of aromatic nitrogens is 1. The van der Waals surface area contributed by atoms with Crippen molar-refractivity contribution in [2.75, 3.05) is 7.11 Å². The van der Waals surface area contributed by atoms with Crippen LogP contribution in [0.1, 0.15) is 16.1 Å². The Balaban J connectivity index is 1.67. The van der Waals surface area contributed by atoms with E-state index in [0.717, 1.165) is 11.3 Å². The first-order valence-corrected chi connectivity index (χ1v) is 7.29. The number of nitrogens with one attached hydrogen (secondary N) is 1. The van der Waals surface area contributed by atoms with Gasteiger partial charge in [-0.25, -0.2) is 4.39 Å². The lowest BCUT2D eigenvalue weighted by Gasteiger charge is -2.05. The van der Waals surface area contributed by atoms with Gasteiger partial charge in [-0.2, -0.15) is 0 Å². The summed E-state index contributed by atoms with van der Waals surface area (Å²) in [6.07, 6.45) is 0. The highest BCUT2D eigenvalue weighted by molar-refractivity contribution is 5.92. The normalized spacial score (nSPS) is 10.4. The summed E-state index contributed by atoms with van der Waals surface area (Å²) in [4.78, 5) is 12.1. The van der Waals surface area contributed by atoms with Crippen LogP contribution < -0.4 is 10.1 Å². The van der Waals surface area contributed by atoms with E-state index in [9.17, 15) is 9.18 Å². The van der Waals surface area contributed by atoms with Crippen LogP contribution in [0.5, 0.6) is 5.75 Å². The summed E-state index contributed by atoms with van der Waals surface area (Å²) < 4.78 is 23.4. The summed E-state index contributed by atoms with van der Waals surface area (Å²) in [5.74, 6) is 0.0134. The van der Waals surface area contributed by atoms with Gasteiger partial charge in [0.15, 0.2) is 0 Å². The molecule has 24 heavy (non-hydrogen) atoms. The lowest BCUT2D eigenvalue weighted by Crippen LogP contribution is -2.22. The molecule has 0 aliphatic rings. The van der Waals surface area contributed by atoms with Crippen molar-refractivity contribution < 1.29 is 18.4 Å². The Kier molecular flexibility index (Phi) is 4.56. The molecular weight excluding hydrogens is 311 g/mol. The number of carbonyl (C=O) groups excluding carboxylic acids is 1. The molecule has 1 heterocycles. The van der Waals surface area contributed by atoms with Gasteiger partial charge in [0.25, 0.3) is 5.91 Å². The van der Waals surface area contributed by atoms with Gasteiger partial charge in [-0.3, -0.25) is 4.79 Å². The van der Waals surface area contributed by atoms with Crippen LogP contribution in [0.25, 0.3) is 11.3 Å².